The number of amides is 1. The Balaban J connectivity index is 2.31. The monoisotopic (exact) mass is 357 g/mol. The largest absolute Gasteiger partial charge is 0.491 e. The van der Waals surface area contributed by atoms with E-state index in [0.717, 1.165) is 0 Å². The molecule has 2 aromatic carbocycles. The molecule has 0 aliphatic carbocycles. The van der Waals surface area contributed by atoms with Crippen molar-refractivity contribution in [2.75, 3.05) is 5.32 Å². The number of aryl methyl sites for hydroxylation is 1. The number of carbonyl (C=O) groups is 2. The van der Waals surface area contributed by atoms with Gasteiger partial charge in [-0.2, -0.15) is 13.2 Å². The normalized spacial score (nSPS) is 11.0. The molecule has 0 aliphatic heterocycles. The minimum Gasteiger partial charge on any atom is -0.369 e. The number of para-hydroxylation sites is 1. The van der Waals surface area contributed by atoms with Crippen LogP contribution in [-0.4, -0.2) is 18.2 Å². The highest BCUT2D eigenvalue weighted by atomic mass is 35.5. The van der Waals surface area contributed by atoms with Crippen LogP contribution in [0.5, 0.6) is 0 Å². The van der Waals surface area contributed by atoms with Gasteiger partial charge in [-0.25, -0.2) is 9.59 Å². The van der Waals surface area contributed by atoms with Crippen LogP contribution in [0.2, 0.25) is 5.02 Å². The minimum atomic E-state index is -5.25. The maximum absolute atomic E-state index is 12.1. The van der Waals surface area contributed by atoms with E-state index in [1.54, 1.807) is 49.4 Å². The molecule has 0 fully saturated rings. The number of esters is 1. The molecule has 0 saturated heterocycles. The second-order valence-corrected chi connectivity index (χ2v) is 5.24. The molecule has 0 heterocycles. The van der Waals surface area contributed by atoms with Crippen molar-refractivity contribution >= 4 is 29.4 Å². The average Bonchev–Trinajstić information content (AvgIpc) is 2.48. The number of alkyl halides is 3. The molecular formula is C16H11ClF3NO3. The van der Waals surface area contributed by atoms with Crippen LogP contribution in [0.25, 0.3) is 11.1 Å². The van der Waals surface area contributed by atoms with Crippen molar-refractivity contribution in [3.05, 3.63) is 53.1 Å². The average molecular weight is 358 g/mol. The molecule has 0 spiro atoms. The van der Waals surface area contributed by atoms with E-state index in [1.165, 1.54) is 0 Å². The summed E-state index contributed by atoms with van der Waals surface area (Å²) in [6, 6.07) is 11.7. The molecular weight excluding hydrogens is 347 g/mol. The number of hydrogen-bond donors (Lipinski definition) is 1. The van der Waals surface area contributed by atoms with Gasteiger partial charge in [0.05, 0.1) is 5.69 Å². The lowest BCUT2D eigenvalue weighted by Gasteiger charge is -2.14. The van der Waals surface area contributed by atoms with Gasteiger partial charge >= 0.3 is 18.2 Å². The number of ether oxygens (including phenoxy) is 1. The molecule has 0 saturated carbocycles. The van der Waals surface area contributed by atoms with Gasteiger partial charge in [0.1, 0.15) is 0 Å². The van der Waals surface area contributed by atoms with E-state index in [2.05, 4.69) is 10.1 Å². The molecule has 2 aromatic rings. The quantitative estimate of drug-likeness (QED) is 0.611. The number of rotatable bonds is 2. The molecule has 0 radical (unpaired) electrons. The van der Waals surface area contributed by atoms with Crippen molar-refractivity contribution in [3.8, 4) is 11.1 Å². The molecule has 0 aromatic heterocycles. The summed E-state index contributed by atoms with van der Waals surface area (Å²) in [5.41, 5.74) is 1.96. The van der Waals surface area contributed by atoms with Crippen molar-refractivity contribution in [1.82, 2.24) is 0 Å². The van der Waals surface area contributed by atoms with Gasteiger partial charge in [0.15, 0.2) is 0 Å². The predicted molar refractivity (Wildman–Crippen MR) is 82.8 cm³/mol. The second kappa shape index (κ2) is 6.92. The van der Waals surface area contributed by atoms with Crippen LogP contribution in [-0.2, 0) is 9.53 Å². The van der Waals surface area contributed by atoms with Gasteiger partial charge in [-0.1, -0.05) is 41.9 Å². The number of halogens is 4. The first kappa shape index (κ1) is 17.8. The summed E-state index contributed by atoms with van der Waals surface area (Å²) >= 11 is 5.93. The van der Waals surface area contributed by atoms with Crippen molar-refractivity contribution < 1.29 is 27.5 Å². The Hall–Kier alpha value is -2.54. The van der Waals surface area contributed by atoms with Crippen LogP contribution >= 0.6 is 11.6 Å². The van der Waals surface area contributed by atoms with Crippen molar-refractivity contribution in [2.45, 2.75) is 13.1 Å². The first-order valence-corrected chi connectivity index (χ1v) is 7.02. The molecule has 1 N–H and O–H groups in total. The number of nitrogens with one attached hydrogen (secondary N) is 1. The highest BCUT2D eigenvalue weighted by Gasteiger charge is 2.42. The molecule has 2 rings (SSSR count). The van der Waals surface area contributed by atoms with Gasteiger partial charge < -0.3 is 4.74 Å². The molecule has 0 aliphatic rings. The molecule has 0 atom stereocenters. The van der Waals surface area contributed by atoms with Crippen molar-refractivity contribution in [2.24, 2.45) is 0 Å². The molecule has 1 amide bonds. The van der Waals surface area contributed by atoms with Gasteiger partial charge in [0, 0.05) is 10.6 Å². The highest BCUT2D eigenvalue weighted by Crippen LogP contribution is 2.32. The smallest absolute Gasteiger partial charge is 0.369 e. The topological polar surface area (TPSA) is 55.4 Å². The van der Waals surface area contributed by atoms with E-state index in [0.29, 0.717) is 21.7 Å². The molecule has 8 heteroatoms. The number of benzene rings is 2. The lowest BCUT2D eigenvalue weighted by atomic mass is 10.0. The Kier molecular flexibility index (Phi) is 5.14. The maximum atomic E-state index is 12.1. The Labute approximate surface area is 140 Å². The van der Waals surface area contributed by atoms with E-state index >= 15 is 0 Å². The molecule has 126 valence electrons. The number of anilines is 1. The highest BCUT2D eigenvalue weighted by molar-refractivity contribution is 6.30. The van der Waals surface area contributed by atoms with E-state index in [-0.39, 0.29) is 5.69 Å². The Morgan fingerprint density at radius 1 is 1.12 bits per heavy atom. The first-order chi connectivity index (χ1) is 11.2. The van der Waals surface area contributed by atoms with E-state index < -0.39 is 18.2 Å². The first-order valence-electron chi connectivity index (χ1n) is 6.64. The third-order valence-electron chi connectivity index (χ3n) is 3.05. The van der Waals surface area contributed by atoms with Crippen LogP contribution in [0.3, 0.4) is 0 Å². The second-order valence-electron chi connectivity index (χ2n) is 4.81. The van der Waals surface area contributed by atoms with Crippen LogP contribution in [0.4, 0.5) is 23.7 Å². The fraction of sp³-hybridized carbons (Fsp3) is 0.125. The zero-order valence-corrected chi connectivity index (χ0v) is 13.0. The van der Waals surface area contributed by atoms with Crippen LogP contribution < -0.4 is 5.32 Å². The summed E-state index contributed by atoms with van der Waals surface area (Å²) < 4.78 is 40.2. The van der Waals surface area contributed by atoms with Gasteiger partial charge in [0.25, 0.3) is 0 Å². The van der Waals surface area contributed by atoms with E-state index in [1.807, 2.05) is 0 Å². The fourth-order valence-electron chi connectivity index (χ4n) is 2.00. The molecule has 4 nitrogen and oxygen atoms in total. The summed E-state index contributed by atoms with van der Waals surface area (Å²) in [4.78, 5) is 22.3. The molecule has 0 unspecified atom stereocenters. The third-order valence-corrected chi connectivity index (χ3v) is 3.29. The lowest BCUT2D eigenvalue weighted by molar-refractivity contribution is -0.192. The zero-order valence-electron chi connectivity index (χ0n) is 12.3. The summed E-state index contributed by atoms with van der Waals surface area (Å²) in [5, 5.41) is 2.63. The Morgan fingerprint density at radius 3 is 2.42 bits per heavy atom. The molecule has 0 bridgehead atoms. The van der Waals surface area contributed by atoms with Crippen LogP contribution in [0, 0.1) is 6.92 Å². The fourth-order valence-corrected chi connectivity index (χ4v) is 2.19. The Morgan fingerprint density at radius 2 is 1.79 bits per heavy atom. The summed E-state index contributed by atoms with van der Waals surface area (Å²) in [6.07, 6.45) is -6.77. The van der Waals surface area contributed by atoms with Crippen molar-refractivity contribution in [1.29, 1.82) is 0 Å². The maximum Gasteiger partial charge on any atom is 0.491 e. The van der Waals surface area contributed by atoms with Gasteiger partial charge in [0.2, 0.25) is 0 Å². The van der Waals surface area contributed by atoms with Gasteiger partial charge in [-0.15, -0.1) is 0 Å². The number of hydrogen-bond acceptors (Lipinski definition) is 3. The minimum absolute atomic E-state index is 0.222. The lowest BCUT2D eigenvalue weighted by Crippen LogP contribution is -2.30. The van der Waals surface area contributed by atoms with Gasteiger partial charge in [-0.05, 0) is 30.2 Å². The van der Waals surface area contributed by atoms with E-state index in [9.17, 15) is 22.8 Å². The van der Waals surface area contributed by atoms with Crippen molar-refractivity contribution in [3.63, 3.8) is 0 Å². The summed E-state index contributed by atoms with van der Waals surface area (Å²) in [6.45, 7) is 1.65. The van der Waals surface area contributed by atoms with Gasteiger partial charge in [-0.3, -0.25) is 5.32 Å². The van der Waals surface area contributed by atoms with Crippen LogP contribution in [0.1, 0.15) is 5.56 Å². The molecule has 24 heavy (non-hydrogen) atoms. The van der Waals surface area contributed by atoms with E-state index in [4.69, 9.17) is 11.6 Å². The Bertz CT molecular complexity index is 790. The summed E-state index contributed by atoms with van der Waals surface area (Å²) in [7, 11) is 0. The van der Waals surface area contributed by atoms with Crippen LogP contribution in [0.15, 0.2) is 42.5 Å². The number of carbonyl (C=O) groups excluding carboxylic acids is 2. The zero-order chi connectivity index (χ0) is 17.9. The SMILES string of the molecule is Cc1cccc(-c2cccc(Cl)c2)c1NC(=O)OC(=O)C(F)(F)F. The predicted octanol–water partition coefficient (Wildman–Crippen LogP) is 4.95. The summed E-state index contributed by atoms with van der Waals surface area (Å²) in [5.74, 6) is -2.59. The third kappa shape index (κ3) is 4.26. The standard InChI is InChI=1S/C16H11ClF3NO3/c1-9-4-2-7-12(10-5-3-6-11(17)8-10)13(9)21-15(23)24-14(22)16(18,19)20/h2-8H,1H3,(H,21,23).